The van der Waals surface area contributed by atoms with Crippen molar-refractivity contribution in [2.24, 2.45) is 17.8 Å². The van der Waals surface area contributed by atoms with Gasteiger partial charge >= 0.3 is 0 Å². The zero-order chi connectivity index (χ0) is 10.4. The second-order valence-electron chi connectivity index (χ2n) is 5.06. The molecule has 0 aromatic rings. The average Bonchev–Trinajstić information content (AvgIpc) is 2.45. The topological polar surface area (TPSA) is 0 Å². The molecule has 0 N–H and O–H groups in total. The van der Waals surface area contributed by atoms with Crippen LogP contribution < -0.4 is 0 Å². The summed E-state index contributed by atoms with van der Waals surface area (Å²) in [6.45, 7) is 6.44. The van der Waals surface area contributed by atoms with E-state index in [0.29, 0.717) is 0 Å². The van der Waals surface area contributed by atoms with Gasteiger partial charge in [-0.05, 0) is 30.6 Å². The van der Waals surface area contributed by atoms with Gasteiger partial charge < -0.3 is 0 Å². The molecule has 2 aliphatic carbocycles. The summed E-state index contributed by atoms with van der Waals surface area (Å²) in [7, 11) is 0. The van der Waals surface area contributed by atoms with Crippen molar-refractivity contribution < 1.29 is 0 Å². The molecule has 0 heteroatoms. The Labute approximate surface area is 90.5 Å². The summed E-state index contributed by atoms with van der Waals surface area (Å²) in [5.41, 5.74) is 0. The lowest BCUT2D eigenvalue weighted by molar-refractivity contribution is 0.224. The second-order valence-corrected chi connectivity index (χ2v) is 5.06. The summed E-state index contributed by atoms with van der Waals surface area (Å²) in [5, 5.41) is 0. The number of rotatable bonds is 0. The molecule has 0 heterocycles. The van der Waals surface area contributed by atoms with E-state index in [1.807, 2.05) is 13.8 Å². The fourth-order valence-corrected chi connectivity index (χ4v) is 3.19. The minimum atomic E-state index is 1.02. The first-order valence-electron chi connectivity index (χ1n) is 6.86. The molecule has 2 unspecified atom stereocenters. The molecule has 0 saturated heterocycles. The molecule has 0 aromatic heterocycles. The standard InChI is InChI=1S/C12H22.C2H6/c1-10-6-8-11-4-2-3-5-12(11)9-7-10;1-2/h10-12H,2-9H2,1H3;1-2H3. The van der Waals surface area contributed by atoms with Crippen LogP contribution >= 0.6 is 0 Å². The van der Waals surface area contributed by atoms with Crippen LogP contribution in [0.1, 0.15) is 72.1 Å². The van der Waals surface area contributed by atoms with Crippen molar-refractivity contribution >= 4 is 0 Å². The average molecular weight is 196 g/mol. The summed E-state index contributed by atoms with van der Waals surface area (Å²) in [4.78, 5) is 0. The molecule has 2 rings (SSSR count). The van der Waals surface area contributed by atoms with E-state index in [1.165, 1.54) is 25.7 Å². The van der Waals surface area contributed by atoms with E-state index in [-0.39, 0.29) is 0 Å². The molecule has 14 heavy (non-hydrogen) atoms. The monoisotopic (exact) mass is 196 g/mol. The highest BCUT2D eigenvalue weighted by atomic mass is 14.3. The maximum Gasteiger partial charge on any atom is -0.0386 e. The van der Waals surface area contributed by atoms with Gasteiger partial charge in [0.25, 0.3) is 0 Å². The highest BCUT2D eigenvalue weighted by Crippen LogP contribution is 2.40. The Morgan fingerprint density at radius 1 is 0.643 bits per heavy atom. The van der Waals surface area contributed by atoms with Crippen LogP contribution in [0.5, 0.6) is 0 Å². The molecular formula is C14H28. The van der Waals surface area contributed by atoms with Gasteiger partial charge in [-0.3, -0.25) is 0 Å². The molecule has 0 bridgehead atoms. The number of hydrogen-bond acceptors (Lipinski definition) is 0. The van der Waals surface area contributed by atoms with Crippen molar-refractivity contribution in [2.75, 3.05) is 0 Å². The van der Waals surface area contributed by atoms with Gasteiger partial charge in [0, 0.05) is 0 Å². The Kier molecular flexibility index (Phi) is 5.59. The third kappa shape index (κ3) is 3.29. The highest BCUT2D eigenvalue weighted by Gasteiger charge is 2.27. The van der Waals surface area contributed by atoms with Gasteiger partial charge in [-0.25, -0.2) is 0 Å². The van der Waals surface area contributed by atoms with E-state index in [0.717, 1.165) is 17.8 Å². The molecule has 0 radical (unpaired) electrons. The van der Waals surface area contributed by atoms with Crippen molar-refractivity contribution in [3.63, 3.8) is 0 Å². The first kappa shape index (κ1) is 12.1. The van der Waals surface area contributed by atoms with Crippen LogP contribution in [0.15, 0.2) is 0 Å². The first-order chi connectivity index (χ1) is 6.86. The highest BCUT2D eigenvalue weighted by molar-refractivity contribution is 4.79. The van der Waals surface area contributed by atoms with Gasteiger partial charge in [0.1, 0.15) is 0 Å². The van der Waals surface area contributed by atoms with Crippen molar-refractivity contribution in [3.8, 4) is 0 Å². The Hall–Kier alpha value is 0. The molecule has 0 amide bonds. The zero-order valence-electron chi connectivity index (χ0n) is 10.4. The molecule has 0 spiro atoms. The molecule has 0 nitrogen and oxygen atoms in total. The molecule has 0 aliphatic heterocycles. The van der Waals surface area contributed by atoms with Crippen LogP contribution in [0, 0.1) is 17.8 Å². The van der Waals surface area contributed by atoms with Crippen LogP contribution in [0.3, 0.4) is 0 Å². The maximum absolute atomic E-state index is 2.44. The fraction of sp³-hybridized carbons (Fsp3) is 1.00. The lowest BCUT2D eigenvalue weighted by Gasteiger charge is -2.29. The van der Waals surface area contributed by atoms with Gasteiger partial charge in [0.15, 0.2) is 0 Å². The molecular weight excluding hydrogens is 168 g/mol. The van der Waals surface area contributed by atoms with E-state index in [9.17, 15) is 0 Å². The van der Waals surface area contributed by atoms with Crippen LogP contribution in [0.25, 0.3) is 0 Å². The SMILES string of the molecule is CC.CC1CCC2CCCCC2CC1. The van der Waals surface area contributed by atoms with E-state index >= 15 is 0 Å². The third-order valence-corrected chi connectivity index (χ3v) is 4.13. The van der Waals surface area contributed by atoms with Gasteiger partial charge in [-0.2, -0.15) is 0 Å². The molecule has 2 aliphatic rings. The zero-order valence-corrected chi connectivity index (χ0v) is 10.4. The molecule has 0 aromatic carbocycles. The summed E-state index contributed by atoms with van der Waals surface area (Å²) in [5.74, 6) is 3.28. The largest absolute Gasteiger partial charge is 0.0683 e. The summed E-state index contributed by atoms with van der Waals surface area (Å²) >= 11 is 0. The summed E-state index contributed by atoms with van der Waals surface area (Å²) in [6, 6.07) is 0. The van der Waals surface area contributed by atoms with Crippen LogP contribution in [-0.2, 0) is 0 Å². The van der Waals surface area contributed by atoms with Gasteiger partial charge in [-0.15, -0.1) is 0 Å². The predicted octanol–water partition coefficient (Wildman–Crippen LogP) is 5.03. The molecule has 2 atom stereocenters. The lowest BCUT2D eigenvalue weighted by Crippen LogP contribution is -2.17. The van der Waals surface area contributed by atoms with E-state index in [1.54, 1.807) is 25.7 Å². The Morgan fingerprint density at radius 3 is 1.50 bits per heavy atom. The molecule has 2 fully saturated rings. The maximum atomic E-state index is 2.44. The van der Waals surface area contributed by atoms with E-state index in [2.05, 4.69) is 6.92 Å². The Morgan fingerprint density at radius 2 is 1.07 bits per heavy atom. The summed E-state index contributed by atoms with van der Waals surface area (Å²) in [6.07, 6.45) is 12.3. The smallest absolute Gasteiger partial charge is 0.0386 e. The van der Waals surface area contributed by atoms with Crippen LogP contribution in [-0.4, -0.2) is 0 Å². The van der Waals surface area contributed by atoms with Crippen molar-refractivity contribution in [1.29, 1.82) is 0 Å². The van der Waals surface area contributed by atoms with Crippen molar-refractivity contribution in [2.45, 2.75) is 72.1 Å². The van der Waals surface area contributed by atoms with Gasteiger partial charge in [0.2, 0.25) is 0 Å². The normalized spacial score (nSPS) is 37.5. The van der Waals surface area contributed by atoms with Crippen molar-refractivity contribution in [1.82, 2.24) is 0 Å². The quantitative estimate of drug-likeness (QED) is 0.510. The van der Waals surface area contributed by atoms with Gasteiger partial charge in [-0.1, -0.05) is 59.3 Å². The lowest BCUT2D eigenvalue weighted by atomic mass is 9.77. The molecule has 2 saturated carbocycles. The number of hydrogen-bond donors (Lipinski definition) is 0. The van der Waals surface area contributed by atoms with E-state index < -0.39 is 0 Å². The van der Waals surface area contributed by atoms with Crippen molar-refractivity contribution in [3.05, 3.63) is 0 Å². The van der Waals surface area contributed by atoms with Gasteiger partial charge in [0.05, 0.1) is 0 Å². The third-order valence-electron chi connectivity index (χ3n) is 4.13. The second kappa shape index (κ2) is 6.48. The number of fused-ring (bicyclic) bond motifs is 1. The van der Waals surface area contributed by atoms with Crippen LogP contribution in [0.4, 0.5) is 0 Å². The van der Waals surface area contributed by atoms with E-state index in [4.69, 9.17) is 0 Å². The molecule has 84 valence electrons. The Balaban J connectivity index is 0.000000461. The Bertz CT molecular complexity index is 123. The first-order valence-corrected chi connectivity index (χ1v) is 6.86. The summed E-state index contributed by atoms with van der Waals surface area (Å²) < 4.78 is 0. The minimum absolute atomic E-state index is 1.02. The fourth-order valence-electron chi connectivity index (χ4n) is 3.19. The minimum Gasteiger partial charge on any atom is -0.0683 e. The van der Waals surface area contributed by atoms with Crippen LogP contribution in [0.2, 0.25) is 0 Å². The predicted molar refractivity (Wildman–Crippen MR) is 64.4 cm³/mol.